The predicted octanol–water partition coefficient (Wildman–Crippen LogP) is 0.179. The van der Waals surface area contributed by atoms with Crippen LogP contribution in [0.3, 0.4) is 0 Å². The van der Waals surface area contributed by atoms with Gasteiger partial charge < -0.3 is 5.11 Å². The molecule has 0 spiro atoms. The maximum Gasteiger partial charge on any atom is 0.312 e. The van der Waals surface area contributed by atoms with E-state index in [9.17, 15) is 14.7 Å². The Balaban J connectivity index is 1.35. The van der Waals surface area contributed by atoms with Crippen LogP contribution in [0.2, 0.25) is 0 Å². The van der Waals surface area contributed by atoms with Crippen molar-refractivity contribution in [2.45, 2.75) is 38.3 Å². The quantitative estimate of drug-likeness (QED) is 0.788. The molecular weight excluding hydrogens is 348 g/mol. The Bertz CT molecular complexity index is 933. The molecule has 5 rings (SSSR count). The zero-order valence-corrected chi connectivity index (χ0v) is 15.2. The van der Waals surface area contributed by atoms with E-state index in [1.54, 1.807) is 0 Å². The summed E-state index contributed by atoms with van der Waals surface area (Å²) in [4.78, 5) is 37.4. The summed E-state index contributed by atoms with van der Waals surface area (Å²) in [5.74, 6) is -0.214. The van der Waals surface area contributed by atoms with Crippen LogP contribution in [-0.4, -0.2) is 72.7 Å². The fraction of sp³-hybridized carbons (Fsp3) is 0.667. The van der Waals surface area contributed by atoms with Gasteiger partial charge in [-0.3, -0.25) is 24.5 Å². The van der Waals surface area contributed by atoms with Crippen LogP contribution in [0, 0.1) is 11.3 Å². The lowest BCUT2D eigenvalue weighted by atomic mass is 9.81. The number of H-pyrrole nitrogens is 1. The SMILES string of the molecule is O=C(O)[C@]12CN(Cc3cc(=O)n4[nH]cnc4n3)C[C@H]1CN(C1CCCC1)C2. The fourth-order valence-corrected chi connectivity index (χ4v) is 5.36. The number of aromatic amines is 1. The summed E-state index contributed by atoms with van der Waals surface area (Å²) in [5, 5.41) is 12.8. The summed E-state index contributed by atoms with van der Waals surface area (Å²) >= 11 is 0. The molecule has 0 aromatic carbocycles. The molecule has 3 fully saturated rings. The number of hydrogen-bond donors (Lipinski definition) is 2. The first-order valence-electron chi connectivity index (χ1n) is 9.67. The molecule has 3 aliphatic rings. The number of aromatic nitrogens is 4. The number of rotatable bonds is 4. The van der Waals surface area contributed by atoms with Gasteiger partial charge in [0.2, 0.25) is 0 Å². The van der Waals surface area contributed by atoms with Crippen LogP contribution in [0.15, 0.2) is 17.2 Å². The Labute approximate surface area is 156 Å². The zero-order valence-electron chi connectivity index (χ0n) is 15.2. The molecule has 9 nitrogen and oxygen atoms in total. The minimum Gasteiger partial charge on any atom is -0.481 e. The molecule has 27 heavy (non-hydrogen) atoms. The molecule has 2 N–H and O–H groups in total. The minimum atomic E-state index is -0.700. The van der Waals surface area contributed by atoms with Gasteiger partial charge in [-0.05, 0) is 12.8 Å². The Morgan fingerprint density at radius 3 is 2.85 bits per heavy atom. The summed E-state index contributed by atoms with van der Waals surface area (Å²) in [6, 6.07) is 2.06. The van der Waals surface area contributed by atoms with Crippen LogP contribution in [0.5, 0.6) is 0 Å². The van der Waals surface area contributed by atoms with Gasteiger partial charge in [0.15, 0.2) is 0 Å². The maximum atomic E-state index is 12.2. The largest absolute Gasteiger partial charge is 0.481 e. The predicted molar refractivity (Wildman–Crippen MR) is 96.3 cm³/mol. The van der Waals surface area contributed by atoms with Crippen LogP contribution in [-0.2, 0) is 11.3 Å². The summed E-state index contributed by atoms with van der Waals surface area (Å²) in [7, 11) is 0. The summed E-state index contributed by atoms with van der Waals surface area (Å²) < 4.78 is 1.29. The molecule has 0 unspecified atom stereocenters. The highest BCUT2D eigenvalue weighted by Gasteiger charge is 2.58. The van der Waals surface area contributed by atoms with E-state index in [0.717, 1.165) is 13.1 Å². The number of nitrogens with one attached hydrogen (secondary N) is 1. The van der Waals surface area contributed by atoms with Crippen molar-refractivity contribution in [3.63, 3.8) is 0 Å². The average molecular weight is 372 g/mol. The lowest BCUT2D eigenvalue weighted by Crippen LogP contribution is -2.42. The van der Waals surface area contributed by atoms with E-state index in [2.05, 4.69) is 24.9 Å². The number of nitrogens with zero attached hydrogens (tertiary/aromatic N) is 5. The topological polar surface area (TPSA) is 107 Å². The Morgan fingerprint density at radius 1 is 1.30 bits per heavy atom. The fourth-order valence-electron chi connectivity index (χ4n) is 5.36. The van der Waals surface area contributed by atoms with Gasteiger partial charge >= 0.3 is 5.97 Å². The van der Waals surface area contributed by atoms with Gasteiger partial charge in [0.25, 0.3) is 11.3 Å². The Kier molecular flexibility index (Phi) is 3.83. The molecule has 2 aromatic rings. The molecule has 1 aliphatic carbocycles. The Hall–Kier alpha value is -2.26. The summed E-state index contributed by atoms with van der Waals surface area (Å²) in [6.07, 6.45) is 6.35. The van der Waals surface area contributed by atoms with Gasteiger partial charge in [0.1, 0.15) is 6.33 Å². The van der Waals surface area contributed by atoms with E-state index in [0.29, 0.717) is 37.1 Å². The molecule has 4 heterocycles. The molecule has 0 radical (unpaired) electrons. The smallest absolute Gasteiger partial charge is 0.312 e. The number of carboxylic acids is 1. The molecule has 2 atom stereocenters. The Morgan fingerprint density at radius 2 is 2.11 bits per heavy atom. The van der Waals surface area contributed by atoms with E-state index in [4.69, 9.17) is 0 Å². The van der Waals surface area contributed by atoms with Gasteiger partial charge in [-0.25, -0.2) is 9.97 Å². The first-order chi connectivity index (χ1) is 13.0. The van der Waals surface area contributed by atoms with E-state index in [1.807, 2.05) is 0 Å². The van der Waals surface area contributed by atoms with Crippen molar-refractivity contribution in [3.8, 4) is 0 Å². The second kappa shape index (κ2) is 6.13. The van der Waals surface area contributed by atoms with Gasteiger partial charge in [-0.1, -0.05) is 12.8 Å². The van der Waals surface area contributed by atoms with Crippen LogP contribution in [0.4, 0.5) is 0 Å². The van der Waals surface area contributed by atoms with Crippen LogP contribution in [0.1, 0.15) is 31.4 Å². The lowest BCUT2D eigenvalue weighted by molar-refractivity contribution is -0.149. The van der Waals surface area contributed by atoms with Crippen molar-refractivity contribution < 1.29 is 9.90 Å². The second-order valence-electron chi connectivity index (χ2n) is 8.30. The monoisotopic (exact) mass is 372 g/mol. The molecule has 144 valence electrons. The number of carboxylic acid groups (broad SMARTS) is 1. The third-order valence-electron chi connectivity index (χ3n) is 6.68. The van der Waals surface area contributed by atoms with Crippen molar-refractivity contribution in [3.05, 3.63) is 28.4 Å². The third-order valence-corrected chi connectivity index (χ3v) is 6.68. The summed E-state index contributed by atoms with van der Waals surface area (Å²) in [6.45, 7) is 3.23. The second-order valence-corrected chi connectivity index (χ2v) is 8.30. The molecule has 2 aliphatic heterocycles. The van der Waals surface area contributed by atoms with E-state index >= 15 is 0 Å². The van der Waals surface area contributed by atoms with E-state index in [1.165, 1.54) is 42.6 Å². The maximum absolute atomic E-state index is 12.2. The lowest BCUT2D eigenvalue weighted by Gasteiger charge is -2.28. The average Bonchev–Trinajstić information content (AvgIpc) is 3.37. The molecule has 0 bridgehead atoms. The van der Waals surface area contributed by atoms with Crippen molar-refractivity contribution >= 4 is 11.7 Å². The van der Waals surface area contributed by atoms with Gasteiger partial charge in [0, 0.05) is 50.7 Å². The molecule has 2 aromatic heterocycles. The van der Waals surface area contributed by atoms with Crippen molar-refractivity contribution in [2.75, 3.05) is 26.2 Å². The van der Waals surface area contributed by atoms with Crippen molar-refractivity contribution in [1.82, 2.24) is 29.4 Å². The number of fused-ring (bicyclic) bond motifs is 2. The van der Waals surface area contributed by atoms with Crippen LogP contribution >= 0.6 is 0 Å². The van der Waals surface area contributed by atoms with E-state index in [-0.39, 0.29) is 11.5 Å². The highest BCUT2D eigenvalue weighted by atomic mass is 16.4. The molecule has 0 amide bonds. The highest BCUT2D eigenvalue weighted by molar-refractivity contribution is 5.77. The van der Waals surface area contributed by atoms with Gasteiger partial charge in [-0.2, -0.15) is 4.52 Å². The van der Waals surface area contributed by atoms with Crippen molar-refractivity contribution in [1.29, 1.82) is 0 Å². The molecule has 1 saturated carbocycles. The summed E-state index contributed by atoms with van der Waals surface area (Å²) in [5.41, 5.74) is -0.263. The van der Waals surface area contributed by atoms with E-state index < -0.39 is 11.4 Å². The molecular formula is C18H24N6O3. The number of hydrogen-bond acceptors (Lipinski definition) is 6. The number of aliphatic carboxylic acids is 1. The van der Waals surface area contributed by atoms with Crippen LogP contribution < -0.4 is 5.56 Å². The number of carbonyl (C=O) groups is 1. The first-order valence-corrected chi connectivity index (χ1v) is 9.67. The molecule has 2 saturated heterocycles. The zero-order chi connectivity index (χ0) is 18.6. The first kappa shape index (κ1) is 16.9. The van der Waals surface area contributed by atoms with Crippen LogP contribution in [0.25, 0.3) is 5.78 Å². The number of likely N-dealkylation sites (tertiary alicyclic amines) is 2. The van der Waals surface area contributed by atoms with Gasteiger partial charge in [0.05, 0.1) is 11.1 Å². The normalized spacial score (nSPS) is 29.7. The van der Waals surface area contributed by atoms with Gasteiger partial charge in [-0.15, -0.1) is 0 Å². The minimum absolute atomic E-state index is 0.130. The standard InChI is InChI=1S/C18H24N6O3/c25-15-5-13(21-17-19-11-20-24(15)17)8-22-6-12-7-23(14-3-1-2-4-14)10-18(12,9-22)16(26)27/h5,11-12,14H,1-4,6-10H2,(H,26,27)(H,19,20,21)/t12-,18-/m0/s1. The molecule has 9 heteroatoms. The highest BCUT2D eigenvalue weighted by Crippen LogP contribution is 2.45. The van der Waals surface area contributed by atoms with Crippen molar-refractivity contribution in [2.24, 2.45) is 11.3 Å². The third kappa shape index (κ3) is 2.68.